The molecule has 42 heavy (non-hydrogen) atoms. The molecule has 1 aromatic heterocycles. The number of carbonyl (C=O) groups excluding carboxylic acids is 1. The van der Waals surface area contributed by atoms with Gasteiger partial charge in [-0.05, 0) is 73.2 Å². The first-order valence-corrected chi connectivity index (χ1v) is 15.5. The summed E-state index contributed by atoms with van der Waals surface area (Å²) < 4.78 is 2.39. The summed E-state index contributed by atoms with van der Waals surface area (Å²) in [6.45, 7) is 6.45. The van der Waals surface area contributed by atoms with Gasteiger partial charge in [-0.2, -0.15) is 0 Å². The van der Waals surface area contributed by atoms with Gasteiger partial charge in [0.25, 0.3) is 5.91 Å². The topological polar surface area (TPSA) is 46.1 Å². The Morgan fingerprint density at radius 2 is 1.50 bits per heavy atom. The maximum Gasteiger partial charge on any atom is 0.272 e. The number of fused-ring (bicyclic) bond motifs is 1. The number of nitrogens with zero attached hydrogens (tertiary/aromatic N) is 1. The van der Waals surface area contributed by atoms with Crippen molar-refractivity contribution in [1.82, 2.24) is 9.88 Å². The maximum absolute atomic E-state index is 14.7. The fraction of sp³-hybridized carbons (Fsp3) is 0.289. The fourth-order valence-electron chi connectivity index (χ4n) is 6.94. The Bertz CT molecular complexity index is 1580. The van der Waals surface area contributed by atoms with Gasteiger partial charge in [0.05, 0.1) is 0 Å². The summed E-state index contributed by atoms with van der Waals surface area (Å²) in [5.74, 6) is 0.321. The smallest absolute Gasteiger partial charge is 0.272 e. The largest absolute Gasteiger partial charge is 0.333 e. The lowest BCUT2D eigenvalue weighted by Crippen LogP contribution is -2.27. The number of hydrogen-bond acceptors (Lipinski definition) is 2. The van der Waals surface area contributed by atoms with Crippen molar-refractivity contribution in [3.63, 3.8) is 0 Å². The summed E-state index contributed by atoms with van der Waals surface area (Å²) in [5, 5.41) is 8.04. The third-order valence-electron chi connectivity index (χ3n) is 8.86. The van der Waals surface area contributed by atoms with Crippen LogP contribution in [0.15, 0.2) is 109 Å². The molecule has 214 valence electrons. The zero-order valence-corrected chi connectivity index (χ0v) is 24.7. The van der Waals surface area contributed by atoms with Crippen LogP contribution in [0, 0.1) is 5.92 Å². The Hall–Kier alpha value is -4.15. The van der Waals surface area contributed by atoms with E-state index in [4.69, 9.17) is 0 Å². The van der Waals surface area contributed by atoms with Crippen molar-refractivity contribution in [2.45, 2.75) is 51.5 Å². The van der Waals surface area contributed by atoms with Crippen molar-refractivity contribution >= 4 is 22.5 Å². The van der Waals surface area contributed by atoms with Crippen LogP contribution in [0.5, 0.6) is 0 Å². The molecule has 0 saturated carbocycles. The lowest BCUT2D eigenvalue weighted by molar-refractivity contribution is 0.101. The standard InChI is InChI=1S/C38H41N3O/c1-3-13-27-20-22-31(23-21-27)40-38(42)37-36(35(28-14-7-5-8-15-28)29-16-9-6-10-17-29)32-18-11-12-19-34(32)41(37)33(4-2)30-24-25-39-26-30/h5-12,14-23,30,33,35,39H,3-4,13,24-26H2,1-2H3,(H,40,42). The molecule has 0 spiro atoms. The van der Waals surface area contributed by atoms with Crippen molar-refractivity contribution in [3.8, 4) is 0 Å². The number of rotatable bonds is 10. The second kappa shape index (κ2) is 12.8. The quantitative estimate of drug-likeness (QED) is 0.181. The van der Waals surface area contributed by atoms with Crippen LogP contribution in [0.1, 0.15) is 77.8 Å². The van der Waals surface area contributed by atoms with E-state index in [1.807, 2.05) is 12.1 Å². The Balaban J connectivity index is 1.59. The van der Waals surface area contributed by atoms with Crippen LogP contribution in [-0.4, -0.2) is 23.6 Å². The molecule has 1 fully saturated rings. The molecule has 1 amide bonds. The molecular formula is C38H41N3O. The van der Waals surface area contributed by atoms with Gasteiger partial charge in [0.15, 0.2) is 0 Å². The summed E-state index contributed by atoms with van der Waals surface area (Å²) in [6, 6.07) is 38.4. The van der Waals surface area contributed by atoms with Crippen LogP contribution < -0.4 is 10.6 Å². The Morgan fingerprint density at radius 1 is 0.857 bits per heavy atom. The molecule has 1 aliphatic heterocycles. The number of aryl methyl sites for hydroxylation is 1. The van der Waals surface area contributed by atoms with E-state index in [1.165, 1.54) is 16.7 Å². The van der Waals surface area contributed by atoms with Gasteiger partial charge in [-0.25, -0.2) is 0 Å². The second-order valence-electron chi connectivity index (χ2n) is 11.5. The number of aromatic nitrogens is 1. The van der Waals surface area contributed by atoms with Gasteiger partial charge in [-0.15, -0.1) is 0 Å². The van der Waals surface area contributed by atoms with Crippen molar-refractivity contribution in [1.29, 1.82) is 0 Å². The van der Waals surface area contributed by atoms with Crippen LogP contribution in [0.4, 0.5) is 5.69 Å². The van der Waals surface area contributed by atoms with E-state index in [0.29, 0.717) is 5.92 Å². The Kier molecular flexibility index (Phi) is 8.52. The van der Waals surface area contributed by atoms with Gasteiger partial charge >= 0.3 is 0 Å². The molecule has 5 aromatic rings. The Labute approximate surface area is 249 Å². The first kappa shape index (κ1) is 28.0. The molecule has 4 nitrogen and oxygen atoms in total. The molecule has 4 heteroatoms. The number of nitrogens with one attached hydrogen (secondary N) is 2. The highest BCUT2D eigenvalue weighted by atomic mass is 16.2. The SMILES string of the molecule is CCCc1ccc(NC(=O)c2c(C(c3ccccc3)c3ccccc3)c3ccccc3n2C(CC)C2CCNC2)cc1. The van der Waals surface area contributed by atoms with Gasteiger partial charge in [-0.1, -0.05) is 111 Å². The zero-order chi connectivity index (χ0) is 28.9. The minimum absolute atomic E-state index is 0.0503. The van der Waals surface area contributed by atoms with E-state index in [-0.39, 0.29) is 17.9 Å². The third-order valence-corrected chi connectivity index (χ3v) is 8.86. The number of carbonyl (C=O) groups is 1. The summed E-state index contributed by atoms with van der Waals surface area (Å²) in [6.07, 6.45) is 4.21. The highest BCUT2D eigenvalue weighted by Crippen LogP contribution is 2.43. The molecular weight excluding hydrogens is 514 g/mol. The van der Waals surface area contributed by atoms with E-state index < -0.39 is 0 Å². The van der Waals surface area contributed by atoms with Crippen LogP contribution in [0.2, 0.25) is 0 Å². The maximum atomic E-state index is 14.7. The lowest BCUT2D eigenvalue weighted by Gasteiger charge is -2.28. The number of benzene rings is 4. The lowest BCUT2D eigenvalue weighted by atomic mass is 9.83. The van der Waals surface area contributed by atoms with E-state index in [0.717, 1.165) is 66.6 Å². The molecule has 4 aromatic carbocycles. The summed E-state index contributed by atoms with van der Waals surface area (Å²) in [7, 11) is 0. The predicted molar refractivity (Wildman–Crippen MR) is 174 cm³/mol. The first-order valence-electron chi connectivity index (χ1n) is 15.5. The molecule has 1 aliphatic rings. The fourth-order valence-corrected chi connectivity index (χ4v) is 6.94. The Morgan fingerprint density at radius 3 is 2.10 bits per heavy atom. The number of para-hydroxylation sites is 1. The summed E-state index contributed by atoms with van der Waals surface area (Å²) >= 11 is 0. The van der Waals surface area contributed by atoms with Crippen molar-refractivity contribution in [2.24, 2.45) is 5.92 Å². The van der Waals surface area contributed by atoms with Crippen molar-refractivity contribution < 1.29 is 4.79 Å². The van der Waals surface area contributed by atoms with Gasteiger partial charge < -0.3 is 15.2 Å². The summed E-state index contributed by atoms with van der Waals surface area (Å²) in [5.41, 5.74) is 7.46. The van der Waals surface area contributed by atoms with E-state index in [9.17, 15) is 4.79 Å². The van der Waals surface area contributed by atoms with Gasteiger partial charge in [0, 0.05) is 34.1 Å². The normalized spacial score (nSPS) is 15.7. The van der Waals surface area contributed by atoms with Gasteiger partial charge in [0.1, 0.15) is 5.69 Å². The first-order chi connectivity index (χ1) is 20.7. The molecule has 6 rings (SSSR count). The molecule has 2 atom stereocenters. The van der Waals surface area contributed by atoms with Gasteiger partial charge in [0.2, 0.25) is 0 Å². The van der Waals surface area contributed by atoms with Crippen LogP contribution in [0.3, 0.4) is 0 Å². The minimum atomic E-state index is -0.0922. The van der Waals surface area contributed by atoms with E-state index in [2.05, 4.69) is 126 Å². The molecule has 1 saturated heterocycles. The van der Waals surface area contributed by atoms with Crippen LogP contribution in [0.25, 0.3) is 10.9 Å². The number of hydrogen-bond donors (Lipinski definition) is 2. The van der Waals surface area contributed by atoms with Crippen molar-refractivity contribution in [2.75, 3.05) is 18.4 Å². The van der Waals surface area contributed by atoms with Crippen LogP contribution in [-0.2, 0) is 6.42 Å². The molecule has 0 aliphatic carbocycles. The average molecular weight is 556 g/mol. The van der Waals surface area contributed by atoms with Crippen LogP contribution >= 0.6 is 0 Å². The zero-order valence-electron chi connectivity index (χ0n) is 24.7. The number of amides is 1. The molecule has 0 radical (unpaired) electrons. The molecule has 2 heterocycles. The summed E-state index contributed by atoms with van der Waals surface area (Å²) in [4.78, 5) is 14.7. The highest BCUT2D eigenvalue weighted by molar-refractivity contribution is 6.09. The predicted octanol–water partition coefficient (Wildman–Crippen LogP) is 8.59. The molecule has 2 N–H and O–H groups in total. The minimum Gasteiger partial charge on any atom is -0.333 e. The van der Waals surface area contributed by atoms with Crippen molar-refractivity contribution in [3.05, 3.63) is 137 Å². The average Bonchev–Trinajstić information content (AvgIpc) is 3.68. The number of anilines is 1. The van der Waals surface area contributed by atoms with E-state index in [1.54, 1.807) is 0 Å². The molecule has 2 unspecified atom stereocenters. The monoisotopic (exact) mass is 555 g/mol. The highest BCUT2D eigenvalue weighted by Gasteiger charge is 2.35. The second-order valence-corrected chi connectivity index (χ2v) is 11.5. The third kappa shape index (κ3) is 5.52. The van der Waals surface area contributed by atoms with Gasteiger partial charge in [-0.3, -0.25) is 4.79 Å². The van der Waals surface area contributed by atoms with E-state index >= 15 is 0 Å². The molecule has 0 bridgehead atoms.